The third-order valence-corrected chi connectivity index (χ3v) is 2.21. The van der Waals surface area contributed by atoms with Crippen molar-refractivity contribution in [1.29, 1.82) is 0 Å². The topological polar surface area (TPSA) is 47.9 Å². The molecule has 0 aromatic rings. The van der Waals surface area contributed by atoms with E-state index in [-0.39, 0.29) is 6.23 Å². The zero-order valence-corrected chi connectivity index (χ0v) is 8.10. The van der Waals surface area contributed by atoms with Crippen LogP contribution >= 0.6 is 0 Å². The van der Waals surface area contributed by atoms with E-state index in [0.29, 0.717) is 18.2 Å². The Kier molecular flexibility index (Phi) is 2.63. The van der Waals surface area contributed by atoms with Gasteiger partial charge in [-0.15, -0.1) is 0 Å². The zero-order chi connectivity index (χ0) is 9.97. The molecule has 2 aliphatic rings. The molecule has 14 heavy (non-hydrogen) atoms. The number of aldehydes is 1. The summed E-state index contributed by atoms with van der Waals surface area (Å²) < 4.78 is 10.7. The van der Waals surface area contributed by atoms with E-state index < -0.39 is 0 Å². The van der Waals surface area contributed by atoms with Gasteiger partial charge in [-0.25, -0.2) is 0 Å². The number of nitrogens with zero attached hydrogens (tertiary/aromatic N) is 1. The van der Waals surface area contributed by atoms with Crippen molar-refractivity contribution in [3.63, 3.8) is 0 Å². The maximum Gasteiger partial charge on any atom is 0.168 e. The van der Waals surface area contributed by atoms with Gasteiger partial charge in [-0.05, 0) is 12.8 Å². The van der Waals surface area contributed by atoms with E-state index in [2.05, 4.69) is 4.99 Å². The standard InChI is InChI=1S/C10H13NO3/c1-13-10-5-9(14-8-2-3-8)4-7(6-12)11-10/h4,6,8,10H,2-3,5H2,1H3. The molecule has 0 saturated heterocycles. The third-order valence-electron chi connectivity index (χ3n) is 2.21. The fourth-order valence-corrected chi connectivity index (χ4v) is 1.33. The van der Waals surface area contributed by atoms with Gasteiger partial charge in [-0.2, -0.15) is 0 Å². The van der Waals surface area contributed by atoms with Gasteiger partial charge in [0.2, 0.25) is 0 Å². The van der Waals surface area contributed by atoms with E-state index >= 15 is 0 Å². The number of allylic oxidation sites excluding steroid dienone is 1. The van der Waals surface area contributed by atoms with Crippen LogP contribution in [0, 0.1) is 0 Å². The molecule has 4 nitrogen and oxygen atoms in total. The molecule has 0 aromatic heterocycles. The number of carbonyl (C=O) groups excluding carboxylic acids is 1. The molecule has 0 N–H and O–H groups in total. The number of carbonyl (C=O) groups is 1. The molecule has 0 radical (unpaired) electrons. The third kappa shape index (κ3) is 2.20. The van der Waals surface area contributed by atoms with Gasteiger partial charge in [0.1, 0.15) is 11.5 Å². The summed E-state index contributed by atoms with van der Waals surface area (Å²) in [6, 6.07) is 0. The Labute approximate surface area is 82.6 Å². The first-order valence-corrected chi connectivity index (χ1v) is 4.75. The highest BCUT2D eigenvalue weighted by atomic mass is 16.5. The molecule has 0 aromatic carbocycles. The maximum absolute atomic E-state index is 10.6. The van der Waals surface area contributed by atoms with Gasteiger partial charge in [-0.3, -0.25) is 9.79 Å². The average molecular weight is 195 g/mol. The van der Waals surface area contributed by atoms with Crippen LogP contribution in [0.1, 0.15) is 19.3 Å². The first-order valence-electron chi connectivity index (χ1n) is 4.75. The molecule has 4 heteroatoms. The van der Waals surface area contributed by atoms with Gasteiger partial charge in [0, 0.05) is 13.2 Å². The quantitative estimate of drug-likeness (QED) is 0.630. The van der Waals surface area contributed by atoms with E-state index in [1.54, 1.807) is 13.2 Å². The molecule has 1 atom stereocenters. The number of ether oxygens (including phenoxy) is 2. The Morgan fingerprint density at radius 3 is 2.93 bits per heavy atom. The SMILES string of the molecule is COC1CC(OC2CC2)=CC(C=O)=N1. The molecular formula is C10H13NO3. The normalized spacial score (nSPS) is 26.5. The first kappa shape index (κ1) is 9.40. The van der Waals surface area contributed by atoms with Crippen LogP contribution in [0.5, 0.6) is 0 Å². The molecule has 1 unspecified atom stereocenters. The lowest BCUT2D eigenvalue weighted by Crippen LogP contribution is -2.18. The van der Waals surface area contributed by atoms with Crippen molar-refractivity contribution in [2.24, 2.45) is 4.99 Å². The van der Waals surface area contributed by atoms with E-state index in [1.165, 1.54) is 0 Å². The minimum Gasteiger partial charge on any atom is -0.495 e. The molecular weight excluding hydrogens is 182 g/mol. The zero-order valence-electron chi connectivity index (χ0n) is 8.10. The second-order valence-corrected chi connectivity index (χ2v) is 3.49. The Balaban J connectivity index is 2.04. The van der Waals surface area contributed by atoms with Crippen LogP contribution in [0.25, 0.3) is 0 Å². The fourth-order valence-electron chi connectivity index (χ4n) is 1.33. The number of hydrogen-bond acceptors (Lipinski definition) is 4. The molecule has 0 bridgehead atoms. The highest BCUT2D eigenvalue weighted by Crippen LogP contribution is 2.29. The summed E-state index contributed by atoms with van der Waals surface area (Å²) >= 11 is 0. The molecule has 0 spiro atoms. The van der Waals surface area contributed by atoms with Crippen molar-refractivity contribution in [3.05, 3.63) is 11.8 Å². The number of rotatable bonds is 4. The Morgan fingerprint density at radius 2 is 2.36 bits per heavy atom. The van der Waals surface area contributed by atoms with Crippen LogP contribution in [0.15, 0.2) is 16.8 Å². The van der Waals surface area contributed by atoms with Crippen LogP contribution in [0.3, 0.4) is 0 Å². The van der Waals surface area contributed by atoms with E-state index in [9.17, 15) is 4.79 Å². The summed E-state index contributed by atoms with van der Waals surface area (Å²) in [7, 11) is 1.58. The monoisotopic (exact) mass is 195 g/mol. The van der Waals surface area contributed by atoms with Crippen molar-refractivity contribution in [2.75, 3.05) is 7.11 Å². The summed E-state index contributed by atoms with van der Waals surface area (Å²) in [6.45, 7) is 0. The van der Waals surface area contributed by atoms with Crippen LogP contribution in [0.2, 0.25) is 0 Å². The molecule has 1 heterocycles. The number of methoxy groups -OCH3 is 1. The van der Waals surface area contributed by atoms with E-state index in [1.807, 2.05) is 0 Å². The highest BCUT2D eigenvalue weighted by Gasteiger charge is 2.26. The first-order chi connectivity index (χ1) is 6.81. The number of dihydropyridines is 1. The lowest BCUT2D eigenvalue weighted by Gasteiger charge is -2.18. The molecule has 0 amide bonds. The van der Waals surface area contributed by atoms with Crippen LogP contribution < -0.4 is 0 Å². The molecule has 1 aliphatic carbocycles. The Bertz CT molecular complexity index is 292. The van der Waals surface area contributed by atoms with Gasteiger partial charge in [0.25, 0.3) is 0 Å². The smallest absolute Gasteiger partial charge is 0.168 e. The largest absolute Gasteiger partial charge is 0.495 e. The van der Waals surface area contributed by atoms with Crippen molar-refractivity contribution in [1.82, 2.24) is 0 Å². The van der Waals surface area contributed by atoms with Crippen molar-refractivity contribution in [2.45, 2.75) is 31.6 Å². The molecule has 1 saturated carbocycles. The van der Waals surface area contributed by atoms with Crippen LogP contribution in [0.4, 0.5) is 0 Å². The lowest BCUT2D eigenvalue weighted by atomic mass is 10.2. The predicted octanol–water partition coefficient (Wildman–Crippen LogP) is 1.07. The number of hydrogen-bond donors (Lipinski definition) is 0. The second-order valence-electron chi connectivity index (χ2n) is 3.49. The van der Waals surface area contributed by atoms with Gasteiger partial charge >= 0.3 is 0 Å². The number of aliphatic imine (C=N–C) groups is 1. The van der Waals surface area contributed by atoms with Gasteiger partial charge in [0.05, 0.1) is 12.5 Å². The minimum absolute atomic E-state index is 0.269. The highest BCUT2D eigenvalue weighted by molar-refractivity contribution is 6.34. The second kappa shape index (κ2) is 3.92. The molecule has 1 aliphatic heterocycles. The summed E-state index contributed by atoms with van der Waals surface area (Å²) in [5.41, 5.74) is 0.402. The summed E-state index contributed by atoms with van der Waals surface area (Å²) in [5, 5.41) is 0. The van der Waals surface area contributed by atoms with E-state index in [0.717, 1.165) is 24.9 Å². The molecule has 1 fully saturated rings. The van der Waals surface area contributed by atoms with Gasteiger partial charge in [-0.1, -0.05) is 0 Å². The summed E-state index contributed by atoms with van der Waals surface area (Å²) in [6.07, 6.45) is 5.36. The van der Waals surface area contributed by atoms with Crippen LogP contribution in [-0.4, -0.2) is 31.4 Å². The van der Waals surface area contributed by atoms with E-state index in [4.69, 9.17) is 9.47 Å². The van der Waals surface area contributed by atoms with Crippen LogP contribution in [-0.2, 0) is 14.3 Å². The van der Waals surface area contributed by atoms with Gasteiger partial charge in [0.15, 0.2) is 12.5 Å². The molecule has 2 rings (SSSR count). The van der Waals surface area contributed by atoms with Crippen molar-refractivity contribution < 1.29 is 14.3 Å². The maximum atomic E-state index is 10.6. The summed E-state index contributed by atoms with van der Waals surface area (Å²) in [5.74, 6) is 0.816. The predicted molar refractivity (Wildman–Crippen MR) is 51.1 cm³/mol. The average Bonchev–Trinajstić information content (AvgIpc) is 3.01. The van der Waals surface area contributed by atoms with Gasteiger partial charge < -0.3 is 9.47 Å². The Hall–Kier alpha value is -1.16. The molecule has 76 valence electrons. The van der Waals surface area contributed by atoms with Crippen molar-refractivity contribution in [3.8, 4) is 0 Å². The minimum atomic E-state index is -0.269. The fraction of sp³-hybridized carbons (Fsp3) is 0.600. The van der Waals surface area contributed by atoms with Crippen molar-refractivity contribution >= 4 is 12.0 Å². The lowest BCUT2D eigenvalue weighted by molar-refractivity contribution is -0.102. The summed E-state index contributed by atoms with van der Waals surface area (Å²) in [4.78, 5) is 14.6. The Morgan fingerprint density at radius 1 is 1.57 bits per heavy atom.